The van der Waals surface area contributed by atoms with Crippen LogP contribution in [0.15, 0.2) is 36.5 Å². The number of hydrogen-bond acceptors (Lipinski definition) is 4. The van der Waals surface area contributed by atoms with Gasteiger partial charge in [-0.3, -0.25) is 4.98 Å². The van der Waals surface area contributed by atoms with E-state index in [4.69, 9.17) is 0 Å². The first-order valence-electron chi connectivity index (χ1n) is 6.65. The van der Waals surface area contributed by atoms with E-state index in [0.717, 1.165) is 16.2 Å². The molecular formula is C16H17N3S. The third-order valence-electron chi connectivity index (χ3n) is 3.44. The van der Waals surface area contributed by atoms with Crippen molar-refractivity contribution in [3.63, 3.8) is 0 Å². The fourth-order valence-corrected chi connectivity index (χ4v) is 3.58. The molecule has 0 bridgehead atoms. The van der Waals surface area contributed by atoms with Gasteiger partial charge in [0.05, 0.1) is 22.3 Å². The summed E-state index contributed by atoms with van der Waals surface area (Å²) in [5.41, 5.74) is 3.31. The van der Waals surface area contributed by atoms with Crippen LogP contribution in [0.25, 0.3) is 10.9 Å². The summed E-state index contributed by atoms with van der Waals surface area (Å²) in [5, 5.41) is 5.66. The molecule has 20 heavy (non-hydrogen) atoms. The van der Waals surface area contributed by atoms with Gasteiger partial charge in [-0.05, 0) is 38.6 Å². The van der Waals surface area contributed by atoms with E-state index in [-0.39, 0.29) is 6.04 Å². The Balaban J connectivity index is 2.09. The van der Waals surface area contributed by atoms with Gasteiger partial charge in [0.25, 0.3) is 0 Å². The van der Waals surface area contributed by atoms with Crippen LogP contribution in [0.3, 0.4) is 0 Å². The van der Waals surface area contributed by atoms with E-state index in [2.05, 4.69) is 34.3 Å². The van der Waals surface area contributed by atoms with Crippen LogP contribution < -0.4 is 5.32 Å². The number of aromatic nitrogens is 2. The maximum atomic E-state index is 4.56. The molecule has 0 saturated carbocycles. The highest BCUT2D eigenvalue weighted by Gasteiger charge is 2.18. The van der Waals surface area contributed by atoms with Crippen molar-refractivity contribution in [1.29, 1.82) is 0 Å². The smallest absolute Gasteiger partial charge is 0.0900 e. The lowest BCUT2D eigenvalue weighted by Crippen LogP contribution is -2.17. The maximum Gasteiger partial charge on any atom is 0.0900 e. The highest BCUT2D eigenvalue weighted by molar-refractivity contribution is 7.11. The highest BCUT2D eigenvalue weighted by atomic mass is 32.1. The number of rotatable bonds is 3. The molecular weight excluding hydrogens is 266 g/mol. The fourth-order valence-electron chi connectivity index (χ4n) is 2.51. The van der Waals surface area contributed by atoms with Crippen molar-refractivity contribution in [1.82, 2.24) is 15.3 Å². The molecule has 1 N–H and O–H groups in total. The summed E-state index contributed by atoms with van der Waals surface area (Å²) in [6, 6.07) is 10.6. The van der Waals surface area contributed by atoms with E-state index in [9.17, 15) is 0 Å². The summed E-state index contributed by atoms with van der Waals surface area (Å²) in [5.74, 6) is 0. The third-order valence-corrected chi connectivity index (χ3v) is 4.57. The predicted octanol–water partition coefficient (Wildman–Crippen LogP) is 3.62. The third kappa shape index (κ3) is 2.32. The van der Waals surface area contributed by atoms with E-state index in [1.54, 1.807) is 11.3 Å². The van der Waals surface area contributed by atoms with Gasteiger partial charge in [-0.15, -0.1) is 11.3 Å². The molecule has 3 rings (SSSR count). The van der Waals surface area contributed by atoms with Crippen LogP contribution in [0.2, 0.25) is 0 Å². The lowest BCUT2D eigenvalue weighted by molar-refractivity contribution is 0.696. The minimum Gasteiger partial charge on any atom is -0.309 e. The topological polar surface area (TPSA) is 37.8 Å². The second-order valence-corrected chi connectivity index (χ2v) is 6.10. The van der Waals surface area contributed by atoms with E-state index >= 15 is 0 Å². The van der Waals surface area contributed by atoms with Crippen molar-refractivity contribution >= 4 is 22.2 Å². The normalized spacial score (nSPS) is 12.8. The largest absolute Gasteiger partial charge is 0.309 e. The van der Waals surface area contributed by atoms with Gasteiger partial charge in [0.15, 0.2) is 0 Å². The van der Waals surface area contributed by atoms with Crippen molar-refractivity contribution in [2.45, 2.75) is 19.9 Å². The first-order chi connectivity index (χ1) is 9.69. The summed E-state index contributed by atoms with van der Waals surface area (Å²) in [6.07, 6.45) is 1.96. The lowest BCUT2D eigenvalue weighted by Gasteiger charge is -2.16. The van der Waals surface area contributed by atoms with Crippen LogP contribution in [0.5, 0.6) is 0 Å². The first kappa shape index (κ1) is 13.2. The van der Waals surface area contributed by atoms with Crippen molar-refractivity contribution in [2.24, 2.45) is 0 Å². The van der Waals surface area contributed by atoms with Crippen LogP contribution in [0, 0.1) is 13.8 Å². The summed E-state index contributed by atoms with van der Waals surface area (Å²) >= 11 is 1.75. The first-order valence-corrected chi connectivity index (χ1v) is 7.46. The molecule has 0 aliphatic carbocycles. The molecule has 0 amide bonds. The van der Waals surface area contributed by atoms with Crippen LogP contribution in [-0.2, 0) is 0 Å². The molecule has 0 aliphatic rings. The maximum absolute atomic E-state index is 4.56. The summed E-state index contributed by atoms with van der Waals surface area (Å²) in [6.45, 7) is 4.12. The van der Waals surface area contributed by atoms with E-state index in [1.165, 1.54) is 15.8 Å². The van der Waals surface area contributed by atoms with E-state index in [0.29, 0.717) is 0 Å². The quantitative estimate of drug-likeness (QED) is 0.798. The van der Waals surface area contributed by atoms with Gasteiger partial charge in [0, 0.05) is 16.5 Å². The monoisotopic (exact) mass is 283 g/mol. The molecule has 102 valence electrons. The number of thiazole rings is 1. The number of hydrogen-bond donors (Lipinski definition) is 1. The molecule has 1 aromatic carbocycles. The predicted molar refractivity (Wildman–Crippen MR) is 84.2 cm³/mol. The summed E-state index contributed by atoms with van der Waals surface area (Å²) < 4.78 is 0. The molecule has 0 radical (unpaired) electrons. The molecule has 0 spiro atoms. The Morgan fingerprint density at radius 1 is 1.20 bits per heavy atom. The Morgan fingerprint density at radius 3 is 2.70 bits per heavy atom. The molecule has 2 heterocycles. The molecule has 3 nitrogen and oxygen atoms in total. The van der Waals surface area contributed by atoms with Gasteiger partial charge in [-0.2, -0.15) is 0 Å². The van der Waals surface area contributed by atoms with E-state index < -0.39 is 0 Å². The van der Waals surface area contributed by atoms with Gasteiger partial charge in [-0.25, -0.2) is 4.98 Å². The molecule has 1 unspecified atom stereocenters. The zero-order valence-electron chi connectivity index (χ0n) is 11.8. The van der Waals surface area contributed by atoms with E-state index in [1.807, 2.05) is 38.4 Å². The number of nitrogens with one attached hydrogen (secondary N) is 1. The molecule has 4 heteroatoms. The summed E-state index contributed by atoms with van der Waals surface area (Å²) in [7, 11) is 1.98. The van der Waals surface area contributed by atoms with Crippen LogP contribution in [-0.4, -0.2) is 17.0 Å². The molecule has 0 saturated heterocycles. The fraction of sp³-hybridized carbons (Fsp3) is 0.250. The zero-order valence-corrected chi connectivity index (χ0v) is 12.7. The molecule has 3 aromatic rings. The average Bonchev–Trinajstić information content (AvgIpc) is 2.78. The lowest BCUT2D eigenvalue weighted by atomic mass is 10.0. The number of aryl methyl sites for hydroxylation is 2. The molecule has 1 atom stereocenters. The van der Waals surface area contributed by atoms with Crippen LogP contribution in [0.4, 0.5) is 0 Å². The Kier molecular flexibility index (Phi) is 3.51. The van der Waals surface area contributed by atoms with Crippen molar-refractivity contribution < 1.29 is 0 Å². The van der Waals surface area contributed by atoms with Gasteiger partial charge in [0.2, 0.25) is 0 Å². The number of benzene rings is 1. The second kappa shape index (κ2) is 5.31. The zero-order chi connectivity index (χ0) is 14.1. The van der Waals surface area contributed by atoms with Gasteiger partial charge < -0.3 is 5.32 Å². The van der Waals surface area contributed by atoms with Gasteiger partial charge in [0.1, 0.15) is 0 Å². The van der Waals surface area contributed by atoms with Crippen LogP contribution in [0.1, 0.15) is 27.2 Å². The van der Waals surface area contributed by atoms with Gasteiger partial charge >= 0.3 is 0 Å². The Labute approximate surface area is 122 Å². The SMILES string of the molecule is CNC(c1cnc2ccccc2c1)c1sc(C)nc1C. The standard InChI is InChI=1S/C16H17N3S/c1-10-16(20-11(2)19-10)15(17-3)13-8-12-6-4-5-7-14(12)18-9-13/h4-9,15,17H,1-3H3. The van der Waals surface area contributed by atoms with Crippen molar-refractivity contribution in [2.75, 3.05) is 7.05 Å². The minimum absolute atomic E-state index is 0.151. The Morgan fingerprint density at radius 2 is 2.00 bits per heavy atom. The number of nitrogens with zero attached hydrogens (tertiary/aromatic N) is 2. The van der Waals surface area contributed by atoms with Crippen molar-refractivity contribution in [3.8, 4) is 0 Å². The number of pyridine rings is 1. The Bertz CT molecular complexity index is 748. The average molecular weight is 283 g/mol. The Hall–Kier alpha value is -1.78. The number of fused-ring (bicyclic) bond motifs is 1. The van der Waals surface area contributed by atoms with Crippen LogP contribution >= 0.6 is 11.3 Å². The summed E-state index contributed by atoms with van der Waals surface area (Å²) in [4.78, 5) is 10.3. The second-order valence-electron chi connectivity index (χ2n) is 4.87. The van der Waals surface area contributed by atoms with Crippen molar-refractivity contribution in [3.05, 3.63) is 57.7 Å². The number of para-hydroxylation sites is 1. The molecule has 0 fully saturated rings. The highest BCUT2D eigenvalue weighted by Crippen LogP contribution is 2.30. The molecule has 0 aliphatic heterocycles. The van der Waals surface area contributed by atoms with Gasteiger partial charge in [-0.1, -0.05) is 18.2 Å². The molecule has 2 aromatic heterocycles. The minimum atomic E-state index is 0.151.